The number of hydrogen-bond acceptors (Lipinski definition) is 5. The number of nitrogen functional groups attached to an aromatic ring is 1. The van der Waals surface area contributed by atoms with Crippen molar-refractivity contribution >= 4 is 23.2 Å². The first-order valence-corrected chi connectivity index (χ1v) is 3.81. The van der Waals surface area contributed by atoms with Gasteiger partial charge in [-0.25, -0.2) is 4.98 Å². The Morgan fingerprint density at radius 3 is 3.08 bits per heavy atom. The number of ether oxygens (including phenoxy) is 1. The first-order valence-electron chi connectivity index (χ1n) is 3.43. The molecule has 0 aliphatic carbocycles. The van der Waals surface area contributed by atoms with Crippen LogP contribution in [0.25, 0.3) is 5.65 Å². The van der Waals surface area contributed by atoms with Crippen LogP contribution in [0.3, 0.4) is 0 Å². The van der Waals surface area contributed by atoms with E-state index >= 15 is 0 Å². The van der Waals surface area contributed by atoms with Gasteiger partial charge in [-0.15, -0.1) is 5.10 Å². The minimum atomic E-state index is 0.133. The van der Waals surface area contributed by atoms with E-state index in [-0.39, 0.29) is 5.95 Å². The maximum absolute atomic E-state index is 5.80. The van der Waals surface area contributed by atoms with Crippen molar-refractivity contribution in [3.63, 3.8) is 0 Å². The lowest BCUT2D eigenvalue weighted by Crippen LogP contribution is -1.99. The molecule has 0 aliphatic heterocycles. The molecule has 0 unspecified atom stereocenters. The number of anilines is 1. The summed E-state index contributed by atoms with van der Waals surface area (Å²) < 4.78 is 6.28. The predicted octanol–water partition coefficient (Wildman–Crippen LogP) is 0.368. The van der Waals surface area contributed by atoms with Gasteiger partial charge in [0.25, 0.3) is 0 Å². The molecule has 0 fully saturated rings. The summed E-state index contributed by atoms with van der Waals surface area (Å²) in [5, 5.41) is 4.24. The molecule has 6 nitrogen and oxygen atoms in total. The van der Waals surface area contributed by atoms with Gasteiger partial charge in [-0.05, 0) is 0 Å². The zero-order valence-corrected chi connectivity index (χ0v) is 7.49. The summed E-state index contributed by atoms with van der Waals surface area (Å²) in [6, 6.07) is 0.295. The lowest BCUT2D eigenvalue weighted by molar-refractivity contribution is 0.367. The van der Waals surface area contributed by atoms with Crippen LogP contribution in [-0.4, -0.2) is 26.7 Å². The fourth-order valence-corrected chi connectivity index (χ4v) is 1.15. The first-order chi connectivity index (χ1) is 6.22. The van der Waals surface area contributed by atoms with Gasteiger partial charge in [-0.1, -0.05) is 11.6 Å². The van der Waals surface area contributed by atoms with Gasteiger partial charge in [0.2, 0.25) is 5.95 Å². The van der Waals surface area contributed by atoms with Gasteiger partial charge in [0.15, 0.2) is 5.65 Å². The third-order valence-corrected chi connectivity index (χ3v) is 1.76. The molecule has 0 radical (unpaired) electrons. The molecule has 0 saturated carbocycles. The molecule has 0 amide bonds. The quantitative estimate of drug-likeness (QED) is 0.718. The molecule has 7 heteroatoms. The molecule has 0 bridgehead atoms. The highest BCUT2D eigenvalue weighted by atomic mass is 35.5. The SMILES string of the molecule is COc1ncc(Cl)c2nc(N)nn12. The molecule has 0 aromatic carbocycles. The van der Waals surface area contributed by atoms with Crippen molar-refractivity contribution < 1.29 is 4.74 Å². The Balaban J connectivity index is 2.83. The van der Waals surface area contributed by atoms with Crippen molar-refractivity contribution in [1.82, 2.24) is 19.6 Å². The van der Waals surface area contributed by atoms with Crippen LogP contribution < -0.4 is 10.5 Å². The summed E-state index contributed by atoms with van der Waals surface area (Å²) in [6.07, 6.45) is 1.43. The molecule has 0 saturated heterocycles. The number of methoxy groups -OCH3 is 1. The van der Waals surface area contributed by atoms with Crippen molar-refractivity contribution in [1.29, 1.82) is 0 Å². The Bertz CT molecular complexity index is 453. The topological polar surface area (TPSA) is 78.3 Å². The monoisotopic (exact) mass is 199 g/mol. The van der Waals surface area contributed by atoms with Crippen LogP contribution >= 0.6 is 11.6 Å². The summed E-state index contributed by atoms with van der Waals surface area (Å²) in [6.45, 7) is 0. The number of nitrogens with zero attached hydrogens (tertiary/aromatic N) is 4. The van der Waals surface area contributed by atoms with Crippen molar-refractivity contribution in [3.8, 4) is 6.01 Å². The Labute approximate surface area is 78.3 Å². The molecule has 0 spiro atoms. The van der Waals surface area contributed by atoms with Crippen LogP contribution in [0, 0.1) is 0 Å². The van der Waals surface area contributed by atoms with Gasteiger partial charge in [0.1, 0.15) is 5.02 Å². The predicted molar refractivity (Wildman–Crippen MR) is 46.8 cm³/mol. The molecule has 2 aromatic rings. The molecule has 2 N–H and O–H groups in total. The average Bonchev–Trinajstić information content (AvgIpc) is 2.48. The molecule has 68 valence electrons. The minimum Gasteiger partial charge on any atom is -0.467 e. The largest absolute Gasteiger partial charge is 0.467 e. The standard InChI is InChI=1S/C6H6ClN5O/c1-13-6-9-2-3(7)4-10-5(8)11-12(4)6/h2H,1H3,(H2,8,11). The van der Waals surface area contributed by atoms with Crippen molar-refractivity contribution in [2.75, 3.05) is 12.8 Å². The third-order valence-electron chi connectivity index (χ3n) is 1.49. The normalized spacial score (nSPS) is 10.6. The summed E-state index contributed by atoms with van der Waals surface area (Å²) in [7, 11) is 1.48. The Hall–Kier alpha value is -1.56. The van der Waals surface area contributed by atoms with Crippen LogP contribution in [0.4, 0.5) is 5.95 Å². The lowest BCUT2D eigenvalue weighted by atomic mass is 10.6. The molecule has 13 heavy (non-hydrogen) atoms. The number of fused-ring (bicyclic) bond motifs is 1. The maximum Gasteiger partial charge on any atom is 0.319 e. The Morgan fingerprint density at radius 1 is 1.62 bits per heavy atom. The van der Waals surface area contributed by atoms with E-state index in [0.29, 0.717) is 16.7 Å². The van der Waals surface area contributed by atoms with Gasteiger partial charge >= 0.3 is 6.01 Å². The zero-order chi connectivity index (χ0) is 9.42. The van der Waals surface area contributed by atoms with Gasteiger partial charge in [0, 0.05) is 0 Å². The first kappa shape index (κ1) is 8.06. The Morgan fingerprint density at radius 2 is 2.38 bits per heavy atom. The summed E-state index contributed by atoms with van der Waals surface area (Å²) in [4.78, 5) is 7.79. The smallest absolute Gasteiger partial charge is 0.319 e. The van der Waals surface area contributed by atoms with Crippen LogP contribution in [0.15, 0.2) is 6.20 Å². The van der Waals surface area contributed by atoms with Crippen LogP contribution in [0.2, 0.25) is 5.02 Å². The highest BCUT2D eigenvalue weighted by molar-refractivity contribution is 6.33. The van der Waals surface area contributed by atoms with E-state index in [1.54, 1.807) is 0 Å². The van der Waals surface area contributed by atoms with Gasteiger partial charge in [-0.3, -0.25) is 0 Å². The number of hydrogen-bond donors (Lipinski definition) is 1. The minimum absolute atomic E-state index is 0.133. The van der Waals surface area contributed by atoms with Gasteiger partial charge in [-0.2, -0.15) is 9.50 Å². The van der Waals surface area contributed by atoms with Crippen LogP contribution in [-0.2, 0) is 0 Å². The molecule has 2 aromatic heterocycles. The molecular formula is C6H6ClN5O. The summed E-state index contributed by atoms with van der Waals surface area (Å²) in [5.74, 6) is 0.133. The van der Waals surface area contributed by atoms with Crippen LogP contribution in [0.5, 0.6) is 6.01 Å². The molecule has 0 atom stereocenters. The molecule has 0 aliphatic rings. The average molecular weight is 200 g/mol. The second-order valence-electron chi connectivity index (χ2n) is 2.30. The third kappa shape index (κ3) is 1.15. The Kier molecular flexibility index (Phi) is 1.70. The van der Waals surface area contributed by atoms with E-state index in [1.165, 1.54) is 17.8 Å². The molecule has 2 rings (SSSR count). The van der Waals surface area contributed by atoms with E-state index in [2.05, 4.69) is 15.1 Å². The van der Waals surface area contributed by atoms with E-state index in [1.807, 2.05) is 0 Å². The van der Waals surface area contributed by atoms with E-state index in [0.717, 1.165) is 0 Å². The number of nitrogens with two attached hydrogens (primary N) is 1. The number of aromatic nitrogens is 4. The van der Waals surface area contributed by atoms with Crippen molar-refractivity contribution in [2.45, 2.75) is 0 Å². The second-order valence-corrected chi connectivity index (χ2v) is 2.71. The highest BCUT2D eigenvalue weighted by Gasteiger charge is 2.09. The summed E-state index contributed by atoms with van der Waals surface area (Å²) in [5.41, 5.74) is 5.83. The highest BCUT2D eigenvalue weighted by Crippen LogP contribution is 2.18. The second kappa shape index (κ2) is 2.74. The zero-order valence-electron chi connectivity index (χ0n) is 6.73. The number of rotatable bonds is 1. The fraction of sp³-hybridized carbons (Fsp3) is 0.167. The number of halogens is 1. The van der Waals surface area contributed by atoms with E-state index < -0.39 is 0 Å². The lowest BCUT2D eigenvalue weighted by Gasteiger charge is -1.99. The maximum atomic E-state index is 5.80. The molecule has 2 heterocycles. The van der Waals surface area contributed by atoms with E-state index in [4.69, 9.17) is 22.1 Å². The van der Waals surface area contributed by atoms with Crippen molar-refractivity contribution in [3.05, 3.63) is 11.2 Å². The summed E-state index contributed by atoms with van der Waals surface area (Å²) >= 11 is 5.80. The van der Waals surface area contributed by atoms with Crippen LogP contribution in [0.1, 0.15) is 0 Å². The fourth-order valence-electron chi connectivity index (χ4n) is 0.979. The molecular weight excluding hydrogens is 194 g/mol. The van der Waals surface area contributed by atoms with Gasteiger partial charge < -0.3 is 10.5 Å². The van der Waals surface area contributed by atoms with Crippen molar-refractivity contribution in [2.24, 2.45) is 0 Å². The van der Waals surface area contributed by atoms with E-state index in [9.17, 15) is 0 Å². The van der Waals surface area contributed by atoms with Gasteiger partial charge in [0.05, 0.1) is 13.3 Å².